The van der Waals surface area contributed by atoms with Crippen LogP contribution in [0.15, 0.2) is 52.7 Å². The van der Waals surface area contributed by atoms with E-state index in [2.05, 4.69) is 10.2 Å². The van der Waals surface area contributed by atoms with Gasteiger partial charge in [-0.15, -0.1) is 0 Å². The SMILES string of the molecule is O=C1[C@H]2CN=N[C@@H]2C(=O)N1c1cccc2ccccc12. The van der Waals surface area contributed by atoms with E-state index in [-0.39, 0.29) is 11.8 Å². The maximum absolute atomic E-state index is 12.4. The molecule has 1 fully saturated rings. The summed E-state index contributed by atoms with van der Waals surface area (Å²) in [5.41, 5.74) is 0.641. The molecule has 0 spiro atoms. The number of anilines is 1. The van der Waals surface area contributed by atoms with Gasteiger partial charge in [0.1, 0.15) is 0 Å². The van der Waals surface area contributed by atoms with Crippen LogP contribution in [0.4, 0.5) is 5.69 Å². The summed E-state index contributed by atoms with van der Waals surface area (Å²) in [7, 11) is 0. The summed E-state index contributed by atoms with van der Waals surface area (Å²) in [5.74, 6) is -0.875. The zero-order valence-corrected chi connectivity index (χ0v) is 10.6. The van der Waals surface area contributed by atoms with E-state index in [0.717, 1.165) is 10.8 Å². The molecule has 98 valence electrons. The average molecular weight is 265 g/mol. The number of carbonyl (C=O) groups excluding carboxylic acids is 2. The molecule has 2 heterocycles. The first-order valence-corrected chi connectivity index (χ1v) is 6.49. The highest BCUT2D eigenvalue weighted by Gasteiger charge is 2.51. The lowest BCUT2D eigenvalue weighted by Crippen LogP contribution is -2.32. The first kappa shape index (κ1) is 11.3. The highest BCUT2D eigenvalue weighted by Crippen LogP contribution is 2.35. The first-order chi connectivity index (χ1) is 9.77. The van der Waals surface area contributed by atoms with Crippen molar-refractivity contribution in [3.05, 3.63) is 42.5 Å². The summed E-state index contributed by atoms with van der Waals surface area (Å²) in [4.78, 5) is 26.1. The molecule has 0 radical (unpaired) electrons. The van der Waals surface area contributed by atoms with Gasteiger partial charge in [0.2, 0.25) is 5.91 Å². The van der Waals surface area contributed by atoms with Crippen molar-refractivity contribution in [3.63, 3.8) is 0 Å². The van der Waals surface area contributed by atoms with Crippen LogP contribution >= 0.6 is 0 Å². The Hall–Kier alpha value is -2.56. The van der Waals surface area contributed by atoms with E-state index in [0.29, 0.717) is 12.2 Å². The Labute approximate surface area is 114 Å². The Morgan fingerprint density at radius 2 is 1.80 bits per heavy atom. The van der Waals surface area contributed by atoms with Gasteiger partial charge in [0.05, 0.1) is 18.2 Å². The minimum absolute atomic E-state index is 0.193. The maximum atomic E-state index is 12.4. The van der Waals surface area contributed by atoms with Crippen molar-refractivity contribution in [2.75, 3.05) is 11.4 Å². The van der Waals surface area contributed by atoms with Gasteiger partial charge in [-0.2, -0.15) is 10.2 Å². The molecule has 0 saturated carbocycles. The molecule has 5 heteroatoms. The zero-order chi connectivity index (χ0) is 13.7. The molecule has 0 aliphatic carbocycles. The number of azo groups is 1. The molecule has 2 aliphatic rings. The number of imide groups is 1. The number of carbonyl (C=O) groups is 2. The van der Waals surface area contributed by atoms with E-state index in [1.807, 2.05) is 36.4 Å². The Balaban J connectivity index is 1.90. The van der Waals surface area contributed by atoms with Gasteiger partial charge in [0.15, 0.2) is 6.04 Å². The fourth-order valence-corrected chi connectivity index (χ4v) is 2.89. The molecule has 2 atom stereocenters. The van der Waals surface area contributed by atoms with E-state index < -0.39 is 12.0 Å². The summed E-state index contributed by atoms with van der Waals surface area (Å²) >= 11 is 0. The van der Waals surface area contributed by atoms with Crippen LogP contribution in [-0.4, -0.2) is 24.4 Å². The summed E-state index contributed by atoms with van der Waals surface area (Å²) < 4.78 is 0. The number of rotatable bonds is 1. The van der Waals surface area contributed by atoms with Crippen LogP contribution < -0.4 is 4.90 Å². The monoisotopic (exact) mass is 265 g/mol. The third-order valence-corrected chi connectivity index (χ3v) is 3.88. The molecule has 20 heavy (non-hydrogen) atoms. The summed E-state index contributed by atoms with van der Waals surface area (Å²) in [6, 6.07) is 12.7. The molecule has 0 aromatic heterocycles. The Morgan fingerprint density at radius 1 is 1.00 bits per heavy atom. The number of hydrogen-bond acceptors (Lipinski definition) is 4. The predicted molar refractivity (Wildman–Crippen MR) is 73.4 cm³/mol. The summed E-state index contributed by atoms with van der Waals surface area (Å²) in [6.07, 6.45) is 0. The fraction of sp³-hybridized carbons (Fsp3) is 0.200. The van der Waals surface area contributed by atoms with E-state index >= 15 is 0 Å². The quantitative estimate of drug-likeness (QED) is 0.742. The van der Waals surface area contributed by atoms with Crippen molar-refractivity contribution in [2.45, 2.75) is 6.04 Å². The molecule has 5 nitrogen and oxygen atoms in total. The van der Waals surface area contributed by atoms with Crippen LogP contribution in [0.1, 0.15) is 0 Å². The standard InChI is InChI=1S/C15H11N3O2/c19-14-11-8-16-17-13(11)15(20)18(14)12-7-3-5-9-4-1-2-6-10(9)12/h1-7,11,13H,8H2/t11-,13-/m0/s1. The second-order valence-electron chi connectivity index (χ2n) is 5.00. The van der Waals surface area contributed by atoms with Crippen LogP contribution in [0.2, 0.25) is 0 Å². The first-order valence-electron chi connectivity index (χ1n) is 6.49. The predicted octanol–water partition coefficient (Wildman–Crippen LogP) is 2.16. The second kappa shape index (κ2) is 3.96. The van der Waals surface area contributed by atoms with Crippen molar-refractivity contribution in [1.82, 2.24) is 0 Å². The Morgan fingerprint density at radius 3 is 2.65 bits per heavy atom. The molecule has 0 N–H and O–H groups in total. The number of fused-ring (bicyclic) bond motifs is 2. The smallest absolute Gasteiger partial charge is 0.261 e. The summed E-state index contributed by atoms with van der Waals surface area (Å²) in [5, 5.41) is 9.61. The molecule has 2 amide bonds. The van der Waals surface area contributed by atoms with Crippen molar-refractivity contribution in [3.8, 4) is 0 Å². The molecule has 0 bridgehead atoms. The number of amides is 2. The van der Waals surface area contributed by atoms with Gasteiger partial charge >= 0.3 is 0 Å². The van der Waals surface area contributed by atoms with Crippen molar-refractivity contribution in [1.29, 1.82) is 0 Å². The lowest BCUT2D eigenvalue weighted by molar-refractivity contribution is -0.122. The van der Waals surface area contributed by atoms with Crippen LogP contribution in [0, 0.1) is 5.92 Å². The van der Waals surface area contributed by atoms with Gasteiger partial charge in [-0.3, -0.25) is 9.59 Å². The normalized spacial score (nSPS) is 24.7. The molecule has 4 rings (SSSR count). The second-order valence-corrected chi connectivity index (χ2v) is 5.00. The third kappa shape index (κ3) is 1.37. The topological polar surface area (TPSA) is 62.1 Å². The lowest BCUT2D eigenvalue weighted by Gasteiger charge is -2.17. The van der Waals surface area contributed by atoms with Crippen molar-refractivity contribution in [2.24, 2.45) is 16.1 Å². The maximum Gasteiger partial charge on any atom is 0.261 e. The molecule has 1 saturated heterocycles. The average Bonchev–Trinajstić information content (AvgIpc) is 3.04. The summed E-state index contributed by atoms with van der Waals surface area (Å²) in [6.45, 7) is 0.316. The van der Waals surface area contributed by atoms with Gasteiger partial charge in [0.25, 0.3) is 5.91 Å². The third-order valence-electron chi connectivity index (χ3n) is 3.88. The van der Waals surface area contributed by atoms with Gasteiger partial charge in [-0.1, -0.05) is 36.4 Å². The number of benzene rings is 2. The van der Waals surface area contributed by atoms with Crippen LogP contribution in [0.25, 0.3) is 10.8 Å². The largest absolute Gasteiger partial charge is 0.274 e. The van der Waals surface area contributed by atoms with Gasteiger partial charge in [0, 0.05) is 5.39 Å². The number of hydrogen-bond donors (Lipinski definition) is 0. The molecule has 0 unspecified atom stereocenters. The highest BCUT2D eigenvalue weighted by molar-refractivity contribution is 6.26. The van der Waals surface area contributed by atoms with Gasteiger partial charge in [-0.25, -0.2) is 4.90 Å². The molecule has 2 aromatic carbocycles. The van der Waals surface area contributed by atoms with E-state index in [9.17, 15) is 9.59 Å². The number of nitrogens with zero attached hydrogens (tertiary/aromatic N) is 3. The van der Waals surface area contributed by atoms with Crippen LogP contribution in [0.5, 0.6) is 0 Å². The van der Waals surface area contributed by atoms with E-state index in [1.54, 1.807) is 6.07 Å². The molecule has 2 aliphatic heterocycles. The van der Waals surface area contributed by atoms with Crippen LogP contribution in [0.3, 0.4) is 0 Å². The molecular formula is C15H11N3O2. The Bertz CT molecular complexity index is 763. The van der Waals surface area contributed by atoms with Gasteiger partial charge in [-0.05, 0) is 11.5 Å². The van der Waals surface area contributed by atoms with Crippen molar-refractivity contribution < 1.29 is 9.59 Å². The minimum atomic E-state index is -0.624. The zero-order valence-electron chi connectivity index (χ0n) is 10.6. The fourth-order valence-electron chi connectivity index (χ4n) is 2.89. The lowest BCUT2D eigenvalue weighted by atomic mass is 10.1. The van der Waals surface area contributed by atoms with Crippen LogP contribution in [-0.2, 0) is 9.59 Å². The van der Waals surface area contributed by atoms with E-state index in [4.69, 9.17) is 0 Å². The van der Waals surface area contributed by atoms with E-state index in [1.165, 1.54) is 4.90 Å². The minimum Gasteiger partial charge on any atom is -0.274 e. The molecular weight excluding hydrogens is 254 g/mol. The van der Waals surface area contributed by atoms with Gasteiger partial charge < -0.3 is 0 Å². The Kier molecular flexibility index (Phi) is 2.24. The molecule has 2 aromatic rings. The van der Waals surface area contributed by atoms with Crippen molar-refractivity contribution >= 4 is 28.3 Å². The highest BCUT2D eigenvalue weighted by atomic mass is 16.2.